The molecule has 3 unspecified atom stereocenters. The molecule has 0 radical (unpaired) electrons. The Hall–Kier alpha value is -1.02. The van der Waals surface area contributed by atoms with Crippen molar-refractivity contribution in [2.75, 3.05) is 70.9 Å². The Labute approximate surface area is 375 Å². The van der Waals surface area contributed by atoms with Crippen LogP contribution in [-0.2, 0) is 14.6 Å². The van der Waals surface area contributed by atoms with E-state index in [9.17, 15) is 28.5 Å². The van der Waals surface area contributed by atoms with Crippen LogP contribution in [0.2, 0.25) is 0 Å². The molecule has 0 saturated carbocycles. The molecule has 368 valence electrons. The van der Waals surface area contributed by atoms with Crippen molar-refractivity contribution in [3.63, 3.8) is 0 Å². The van der Waals surface area contributed by atoms with Crippen molar-refractivity contribution in [1.82, 2.24) is 20.0 Å². The van der Waals surface area contributed by atoms with Crippen LogP contribution in [-0.4, -0.2) is 144 Å². The molecule has 4 fully saturated rings. The number of sulfone groups is 1. The Morgan fingerprint density at radius 3 is 1.33 bits per heavy atom. The van der Waals surface area contributed by atoms with Gasteiger partial charge in [0.25, 0.3) is 0 Å². The van der Waals surface area contributed by atoms with E-state index in [1.165, 1.54) is 0 Å². The average Bonchev–Trinajstić information content (AvgIpc) is 3.01. The van der Waals surface area contributed by atoms with Gasteiger partial charge in [-0.2, -0.15) is 0 Å². The molecule has 60 heavy (non-hydrogen) atoms. The zero-order chi connectivity index (χ0) is 43.2. The second-order valence-corrected chi connectivity index (χ2v) is 23.5. The third-order valence-electron chi connectivity index (χ3n) is 13.3. The number of amides is 1. The van der Waals surface area contributed by atoms with Crippen LogP contribution in [0.4, 0.5) is 4.79 Å². The maximum Gasteiger partial charge on any atom is 0.410 e. The highest BCUT2D eigenvalue weighted by atomic mass is 32.2. The minimum absolute atomic E-state index is 0. The molecule has 4 N–H and O–H groups in total. The topological polar surface area (TPSA) is 143 Å². The molecule has 4 heterocycles. The van der Waals surface area contributed by atoms with E-state index >= 15 is 0 Å². The van der Waals surface area contributed by atoms with Crippen LogP contribution in [0.1, 0.15) is 174 Å². The summed E-state index contributed by atoms with van der Waals surface area (Å²) in [7, 11) is -0.564. The lowest BCUT2D eigenvalue weighted by molar-refractivity contribution is -0.144. The maximum atomic E-state index is 12.1. The normalized spacial score (nSPS) is 28.2. The number of likely N-dealkylation sites (tertiary alicyclic amines) is 2. The fraction of sp³-hybridized carbons (Fsp3) is 0.979. The summed E-state index contributed by atoms with van der Waals surface area (Å²) in [5.74, 6) is 1.53. The van der Waals surface area contributed by atoms with Gasteiger partial charge in [0, 0.05) is 68.1 Å². The van der Waals surface area contributed by atoms with Crippen LogP contribution >= 0.6 is 0 Å². The maximum absolute atomic E-state index is 12.1. The summed E-state index contributed by atoms with van der Waals surface area (Å²) in [4.78, 5) is 18.3. The van der Waals surface area contributed by atoms with Gasteiger partial charge in [0.05, 0.1) is 28.3 Å². The zero-order valence-electron chi connectivity index (χ0n) is 38.7. The highest BCUT2D eigenvalue weighted by Crippen LogP contribution is 2.45. The minimum atomic E-state index is -2.69. The Balaban J connectivity index is -0.000000223. The molecule has 4 rings (SSSR count). The molecule has 0 bridgehead atoms. The molecule has 0 aromatic carbocycles. The molecule has 3 atom stereocenters. The van der Waals surface area contributed by atoms with Gasteiger partial charge in [0.15, 0.2) is 9.84 Å². The Morgan fingerprint density at radius 1 is 0.633 bits per heavy atom. The summed E-state index contributed by atoms with van der Waals surface area (Å²) in [5, 5.41) is 35.2. The lowest BCUT2D eigenvalue weighted by Gasteiger charge is -2.52. The third-order valence-corrected chi connectivity index (χ3v) is 14.9. The standard InChI is InChI=1S/C15H29NO3.C11H23NO.C10H21NO.C7H15NO2S.5CH4/c1-11(2)15(18)8-9-16(10-14(15,6)7)12(17)19-13(3,4)5;1-9(2)11(13)6-7-12(5)8-10(11,3)4;1-8(2)10(12)5-6-11-7-9(10,3)4;1-7(2)8-3-5-11(9,10)6-4-8;;;;;/h11,18H,8-10H2,1-7H3;9,13H,6-8H2,1-5H3;8,11-12H,5-7H2,1-4H3;7H,3-6H2,1-2H3;5*1H4. The first-order chi connectivity index (χ1) is 24.6. The quantitative estimate of drug-likeness (QED) is 0.216. The fourth-order valence-corrected chi connectivity index (χ4v) is 10.3. The summed E-state index contributed by atoms with van der Waals surface area (Å²) in [6, 6.07) is 0.477. The van der Waals surface area contributed by atoms with Gasteiger partial charge in [-0.05, 0) is 85.2 Å². The van der Waals surface area contributed by atoms with Gasteiger partial charge in [0.1, 0.15) is 5.60 Å². The second kappa shape index (κ2) is 25.5. The SMILES string of the molecule is C.C.C.C.C.CC(C)C1(O)CCN(C(=O)OC(C)(C)C)CC1(C)C.CC(C)C1(O)CCN(C)CC1(C)C.CC(C)C1(O)CCNCC1(C)C.CC(C)N1CCS(=O)(=O)CC1. The van der Waals surface area contributed by atoms with Crippen LogP contribution < -0.4 is 5.32 Å². The predicted molar refractivity (Wildman–Crippen MR) is 262 cm³/mol. The van der Waals surface area contributed by atoms with Crippen molar-refractivity contribution < 1.29 is 33.3 Å². The smallest absolute Gasteiger partial charge is 0.410 e. The molecule has 0 aromatic rings. The van der Waals surface area contributed by atoms with Gasteiger partial charge >= 0.3 is 6.09 Å². The van der Waals surface area contributed by atoms with Gasteiger partial charge in [-0.3, -0.25) is 4.90 Å². The lowest BCUT2D eigenvalue weighted by atomic mass is 9.65. The molecular weight excluding hydrogens is 777 g/mol. The van der Waals surface area contributed by atoms with Gasteiger partial charge in [-0.25, -0.2) is 13.2 Å². The van der Waals surface area contributed by atoms with Gasteiger partial charge < -0.3 is 35.2 Å². The van der Waals surface area contributed by atoms with Crippen molar-refractivity contribution in [2.24, 2.45) is 34.0 Å². The number of carbonyl (C=O) groups is 1. The van der Waals surface area contributed by atoms with E-state index in [4.69, 9.17) is 4.74 Å². The number of rotatable bonds is 4. The fourth-order valence-electron chi connectivity index (χ4n) is 9.03. The number of nitrogens with one attached hydrogen (secondary N) is 1. The second-order valence-electron chi connectivity index (χ2n) is 21.2. The minimum Gasteiger partial charge on any atom is -0.444 e. The van der Waals surface area contributed by atoms with Crippen LogP contribution in [0, 0.1) is 34.0 Å². The number of piperidine rings is 3. The molecule has 4 aliphatic heterocycles. The molecule has 4 aliphatic rings. The van der Waals surface area contributed by atoms with E-state index < -0.39 is 32.2 Å². The highest BCUT2D eigenvalue weighted by molar-refractivity contribution is 7.91. The summed E-state index contributed by atoms with van der Waals surface area (Å²) in [5.41, 5.74) is -2.51. The number of ether oxygens (including phenoxy) is 1. The Kier molecular flexibility index (Phi) is 28.9. The number of hydrogen-bond donors (Lipinski definition) is 4. The van der Waals surface area contributed by atoms with Gasteiger partial charge in [-0.1, -0.05) is 120 Å². The third kappa shape index (κ3) is 17.9. The molecule has 1 amide bonds. The largest absolute Gasteiger partial charge is 0.444 e. The molecule has 12 heteroatoms. The van der Waals surface area contributed by atoms with E-state index in [-0.39, 0.29) is 65.4 Å². The zero-order valence-corrected chi connectivity index (χ0v) is 39.5. The molecule has 0 aromatic heterocycles. The first kappa shape index (κ1) is 68.0. The number of aliphatic hydroxyl groups is 3. The predicted octanol–water partition coefficient (Wildman–Crippen LogP) is 9.47. The van der Waals surface area contributed by atoms with Crippen molar-refractivity contribution >= 4 is 15.9 Å². The van der Waals surface area contributed by atoms with E-state index in [0.717, 1.165) is 39.0 Å². The molecular formula is C48H108N4O7S. The van der Waals surface area contributed by atoms with Crippen molar-refractivity contribution in [2.45, 2.75) is 203 Å². The van der Waals surface area contributed by atoms with E-state index in [2.05, 4.69) is 91.4 Å². The van der Waals surface area contributed by atoms with Crippen molar-refractivity contribution in [3.8, 4) is 0 Å². The van der Waals surface area contributed by atoms with Crippen molar-refractivity contribution in [3.05, 3.63) is 0 Å². The van der Waals surface area contributed by atoms with Gasteiger partial charge in [0.2, 0.25) is 0 Å². The summed E-state index contributed by atoms with van der Waals surface area (Å²) in [6.07, 6.45) is 2.08. The number of nitrogens with zero attached hydrogens (tertiary/aromatic N) is 3. The van der Waals surface area contributed by atoms with Gasteiger partial charge in [-0.15, -0.1) is 0 Å². The first-order valence-electron chi connectivity index (χ1n) is 21.1. The van der Waals surface area contributed by atoms with Crippen LogP contribution in [0.15, 0.2) is 0 Å². The summed E-state index contributed by atoms with van der Waals surface area (Å²) in [6.45, 7) is 41.3. The van der Waals surface area contributed by atoms with E-state index in [1.54, 1.807) is 4.90 Å². The Bertz CT molecular complexity index is 1300. The molecule has 11 nitrogen and oxygen atoms in total. The molecule has 4 saturated heterocycles. The monoisotopic (exact) mass is 885 g/mol. The van der Waals surface area contributed by atoms with E-state index in [0.29, 0.717) is 62.0 Å². The molecule has 0 aliphatic carbocycles. The van der Waals surface area contributed by atoms with E-state index in [1.807, 2.05) is 48.5 Å². The summed E-state index contributed by atoms with van der Waals surface area (Å²) < 4.78 is 27.4. The summed E-state index contributed by atoms with van der Waals surface area (Å²) >= 11 is 0. The molecule has 0 spiro atoms. The number of hydrogen-bond acceptors (Lipinski definition) is 10. The highest BCUT2D eigenvalue weighted by Gasteiger charge is 2.51. The average molecular weight is 885 g/mol. The lowest BCUT2D eigenvalue weighted by Crippen LogP contribution is -2.61. The number of carbonyl (C=O) groups excluding carboxylic acids is 1. The van der Waals surface area contributed by atoms with Crippen LogP contribution in [0.3, 0.4) is 0 Å². The van der Waals surface area contributed by atoms with Crippen LogP contribution in [0.25, 0.3) is 0 Å². The Morgan fingerprint density at radius 2 is 1.02 bits per heavy atom. The first-order valence-corrected chi connectivity index (χ1v) is 22.9. The van der Waals surface area contributed by atoms with Crippen LogP contribution in [0.5, 0.6) is 0 Å². The van der Waals surface area contributed by atoms with Crippen molar-refractivity contribution in [1.29, 1.82) is 0 Å².